The third-order valence-electron chi connectivity index (χ3n) is 6.83. The Balaban J connectivity index is 1.16. The van der Waals surface area contributed by atoms with Gasteiger partial charge in [0, 0.05) is 18.2 Å². The molecule has 4 nitrogen and oxygen atoms in total. The Labute approximate surface area is 209 Å². The summed E-state index contributed by atoms with van der Waals surface area (Å²) in [5.41, 5.74) is 7.19. The van der Waals surface area contributed by atoms with Crippen molar-refractivity contribution in [3.63, 3.8) is 0 Å². The second kappa shape index (κ2) is 11.4. The highest BCUT2D eigenvalue weighted by Crippen LogP contribution is 2.26. The highest BCUT2D eigenvalue weighted by Gasteiger charge is 2.10. The van der Waals surface area contributed by atoms with E-state index in [9.17, 15) is 0 Å². The maximum atomic E-state index is 6.00. The normalized spacial score (nSPS) is 17.7. The predicted molar refractivity (Wildman–Crippen MR) is 146 cm³/mol. The van der Waals surface area contributed by atoms with Crippen LogP contribution in [0.15, 0.2) is 71.3 Å². The van der Waals surface area contributed by atoms with Gasteiger partial charge in [-0.15, -0.1) is 0 Å². The molecule has 2 heterocycles. The number of hydrogen-bond donors (Lipinski definition) is 0. The van der Waals surface area contributed by atoms with Crippen molar-refractivity contribution in [2.75, 3.05) is 39.9 Å². The number of aliphatic imine (C=N–C) groups is 1. The van der Waals surface area contributed by atoms with E-state index in [0.717, 1.165) is 35.7 Å². The molecule has 5 rings (SSSR count). The summed E-state index contributed by atoms with van der Waals surface area (Å²) in [7, 11) is 1.70. The Hall–Kier alpha value is -3.37. The zero-order valence-electron chi connectivity index (χ0n) is 20.6. The number of methoxy groups -OCH3 is 1. The smallest absolute Gasteiger partial charge is 0.129 e. The molecule has 35 heavy (non-hydrogen) atoms. The van der Waals surface area contributed by atoms with Crippen LogP contribution in [0.1, 0.15) is 41.5 Å². The first-order valence-electron chi connectivity index (χ1n) is 12.7. The van der Waals surface area contributed by atoms with Gasteiger partial charge in [0.2, 0.25) is 0 Å². The molecule has 2 aromatic carbocycles. The third-order valence-corrected chi connectivity index (χ3v) is 6.83. The number of nitrogens with zero attached hydrogens (tertiary/aromatic N) is 2. The van der Waals surface area contributed by atoms with E-state index in [0.29, 0.717) is 13.2 Å². The van der Waals surface area contributed by atoms with Crippen molar-refractivity contribution in [1.82, 2.24) is 4.90 Å². The average Bonchev–Trinajstić information content (AvgIpc) is 3.56. The Morgan fingerprint density at radius 2 is 1.89 bits per heavy atom. The number of likely N-dealkylation sites (tertiary alicyclic amines) is 1. The van der Waals surface area contributed by atoms with Crippen molar-refractivity contribution in [3.05, 3.63) is 88.5 Å². The van der Waals surface area contributed by atoms with Gasteiger partial charge in [0.1, 0.15) is 18.1 Å². The number of piperidine rings is 1. The van der Waals surface area contributed by atoms with E-state index in [2.05, 4.69) is 70.6 Å². The predicted octanol–water partition coefficient (Wildman–Crippen LogP) is 6.24. The molecule has 0 saturated carbocycles. The van der Waals surface area contributed by atoms with E-state index in [1.165, 1.54) is 54.6 Å². The molecule has 1 saturated heterocycles. The Morgan fingerprint density at radius 3 is 2.77 bits per heavy atom. The second-order valence-electron chi connectivity index (χ2n) is 9.35. The summed E-state index contributed by atoms with van der Waals surface area (Å²) < 4.78 is 11.6. The van der Waals surface area contributed by atoms with Gasteiger partial charge in [0.15, 0.2) is 0 Å². The van der Waals surface area contributed by atoms with E-state index in [1.54, 1.807) is 7.11 Å². The first-order chi connectivity index (χ1) is 17.3. The van der Waals surface area contributed by atoms with Gasteiger partial charge in [-0.2, -0.15) is 0 Å². The van der Waals surface area contributed by atoms with Gasteiger partial charge in [-0.1, -0.05) is 48.9 Å². The molecule has 2 aliphatic heterocycles. The fraction of sp³-hybridized carbons (Fsp3) is 0.323. The fourth-order valence-corrected chi connectivity index (χ4v) is 4.82. The molecule has 0 atom stereocenters. The van der Waals surface area contributed by atoms with E-state index in [-0.39, 0.29) is 0 Å². The van der Waals surface area contributed by atoms with Gasteiger partial charge in [-0.05, 0) is 85.0 Å². The van der Waals surface area contributed by atoms with E-state index < -0.39 is 0 Å². The summed E-state index contributed by atoms with van der Waals surface area (Å²) in [4.78, 5) is 7.15. The maximum absolute atomic E-state index is 6.00. The van der Waals surface area contributed by atoms with Crippen LogP contribution in [0, 0.1) is 0 Å². The van der Waals surface area contributed by atoms with Crippen LogP contribution in [0.2, 0.25) is 0 Å². The molecular formula is C31H34N2O2. The van der Waals surface area contributed by atoms with Crippen molar-refractivity contribution in [2.45, 2.75) is 25.7 Å². The molecule has 0 N–H and O–H groups in total. The number of benzene rings is 2. The fourth-order valence-electron chi connectivity index (χ4n) is 4.82. The summed E-state index contributed by atoms with van der Waals surface area (Å²) in [6, 6.07) is 12.7. The lowest BCUT2D eigenvalue weighted by Crippen LogP contribution is -2.33. The molecule has 1 aliphatic carbocycles. The minimum absolute atomic E-state index is 0.707. The number of rotatable bonds is 9. The van der Waals surface area contributed by atoms with Gasteiger partial charge < -0.3 is 9.47 Å². The first kappa shape index (κ1) is 23.4. The zero-order valence-corrected chi connectivity index (χ0v) is 20.6. The summed E-state index contributed by atoms with van der Waals surface area (Å²) in [6.45, 7) is 4.79. The van der Waals surface area contributed by atoms with E-state index >= 15 is 0 Å². The molecule has 0 amide bonds. The standard InChI is InChI=1S/C31H34N2O2/c1-34-31-22-30(35-19-18-33-16-3-2-4-17-33)15-13-27(31)12-14-29-21-25(23-32-29)9-8-24-10-11-26-6-5-7-28(26)20-24/h5-6,8-15,20-22H,2-4,7,16-19,23H2,1H3/b9-8+,14-12+. The van der Waals surface area contributed by atoms with Gasteiger partial charge >= 0.3 is 0 Å². The summed E-state index contributed by atoms with van der Waals surface area (Å²) in [5.74, 6) is 1.66. The topological polar surface area (TPSA) is 34.1 Å². The molecule has 3 aliphatic rings. The Bertz CT molecular complexity index is 1200. The van der Waals surface area contributed by atoms with Gasteiger partial charge in [-0.25, -0.2) is 0 Å². The van der Waals surface area contributed by atoms with Crippen LogP contribution in [0.4, 0.5) is 0 Å². The summed E-state index contributed by atoms with van der Waals surface area (Å²) in [6.07, 6.45) is 20.0. The van der Waals surface area contributed by atoms with Crippen LogP contribution in [-0.4, -0.2) is 50.5 Å². The highest BCUT2D eigenvalue weighted by atomic mass is 16.5. The number of fused-ring (bicyclic) bond motifs is 1. The molecular weight excluding hydrogens is 432 g/mol. The molecule has 2 aromatic rings. The zero-order chi connectivity index (χ0) is 23.9. The molecule has 4 heteroatoms. The van der Waals surface area contributed by atoms with Crippen molar-refractivity contribution in [2.24, 2.45) is 4.99 Å². The van der Waals surface area contributed by atoms with Gasteiger partial charge in [-0.3, -0.25) is 9.89 Å². The summed E-state index contributed by atoms with van der Waals surface area (Å²) in [5, 5.41) is 0. The lowest BCUT2D eigenvalue weighted by molar-refractivity contribution is 0.183. The number of ether oxygens (including phenoxy) is 2. The minimum Gasteiger partial charge on any atom is -0.496 e. The van der Waals surface area contributed by atoms with Crippen LogP contribution in [0.5, 0.6) is 11.5 Å². The van der Waals surface area contributed by atoms with Gasteiger partial charge in [0.25, 0.3) is 0 Å². The molecule has 0 radical (unpaired) electrons. The molecule has 0 bridgehead atoms. The number of allylic oxidation sites excluding steroid dienone is 3. The van der Waals surface area contributed by atoms with Crippen molar-refractivity contribution in [3.8, 4) is 11.5 Å². The Kier molecular flexibility index (Phi) is 7.59. The van der Waals surface area contributed by atoms with Crippen LogP contribution < -0.4 is 9.47 Å². The highest BCUT2D eigenvalue weighted by molar-refractivity contribution is 6.08. The van der Waals surface area contributed by atoms with Crippen LogP contribution in [-0.2, 0) is 6.42 Å². The monoisotopic (exact) mass is 466 g/mol. The Morgan fingerprint density at radius 1 is 0.971 bits per heavy atom. The number of hydrogen-bond acceptors (Lipinski definition) is 4. The third kappa shape index (κ3) is 6.20. The molecule has 1 fully saturated rings. The quantitative estimate of drug-likeness (QED) is 0.439. The van der Waals surface area contributed by atoms with Crippen LogP contribution >= 0.6 is 0 Å². The minimum atomic E-state index is 0.707. The second-order valence-corrected chi connectivity index (χ2v) is 9.35. The largest absolute Gasteiger partial charge is 0.496 e. The van der Waals surface area contributed by atoms with E-state index in [4.69, 9.17) is 9.47 Å². The lowest BCUT2D eigenvalue weighted by atomic mass is 10.0. The first-order valence-corrected chi connectivity index (χ1v) is 12.7. The molecule has 0 spiro atoms. The average molecular weight is 467 g/mol. The van der Waals surface area contributed by atoms with E-state index in [1.807, 2.05) is 18.2 Å². The SMILES string of the molecule is COc1cc(OCCN2CCCCC2)ccc1/C=C/C1=NCC(/C=C/c2ccc3c(c2)CC=C3)=C1. The van der Waals surface area contributed by atoms with Crippen molar-refractivity contribution < 1.29 is 9.47 Å². The summed E-state index contributed by atoms with van der Waals surface area (Å²) >= 11 is 0. The molecule has 0 aromatic heterocycles. The van der Waals surface area contributed by atoms with Crippen molar-refractivity contribution >= 4 is 23.9 Å². The lowest BCUT2D eigenvalue weighted by Gasteiger charge is -2.26. The van der Waals surface area contributed by atoms with Gasteiger partial charge in [0.05, 0.1) is 19.4 Å². The molecule has 180 valence electrons. The van der Waals surface area contributed by atoms with Crippen LogP contribution in [0.25, 0.3) is 18.2 Å². The maximum Gasteiger partial charge on any atom is 0.129 e. The molecule has 0 unspecified atom stereocenters. The van der Waals surface area contributed by atoms with Crippen molar-refractivity contribution in [1.29, 1.82) is 0 Å². The van der Waals surface area contributed by atoms with Crippen LogP contribution in [0.3, 0.4) is 0 Å².